The summed E-state index contributed by atoms with van der Waals surface area (Å²) < 4.78 is 30.6. The molecule has 2 rings (SSSR count). The van der Waals surface area contributed by atoms with Gasteiger partial charge in [-0.25, -0.2) is 8.42 Å². The number of ether oxygens (including phenoxy) is 1. The molecule has 0 spiro atoms. The number of nitrogens with zero attached hydrogens (tertiary/aromatic N) is 1. The van der Waals surface area contributed by atoms with Crippen LogP contribution in [0.4, 0.5) is 5.69 Å². The smallest absolute Gasteiger partial charge is 0.321 e. The Hall–Kier alpha value is -3.04. The van der Waals surface area contributed by atoms with Crippen LogP contribution in [0, 0.1) is 6.92 Å². The molecule has 29 heavy (non-hydrogen) atoms. The van der Waals surface area contributed by atoms with Crippen LogP contribution < -0.4 is 5.32 Å². The maximum atomic E-state index is 12.5. The number of nitrogens with one attached hydrogen (secondary N) is 1. The molecule has 0 radical (unpaired) electrons. The van der Waals surface area contributed by atoms with Gasteiger partial charge in [0.1, 0.15) is 6.54 Å². The molecule has 0 fully saturated rings. The molecule has 1 amide bonds. The van der Waals surface area contributed by atoms with Gasteiger partial charge in [-0.15, -0.1) is 0 Å². The number of carbonyl (C=O) groups excluding carboxylic acids is 3. The molecule has 1 N–H and O–H groups in total. The molecule has 2 aromatic carbocycles. The van der Waals surface area contributed by atoms with Crippen LogP contribution in [0.25, 0.3) is 0 Å². The molecule has 0 unspecified atom stereocenters. The predicted molar refractivity (Wildman–Crippen MR) is 107 cm³/mol. The lowest BCUT2D eigenvalue weighted by Gasteiger charge is -2.16. The van der Waals surface area contributed by atoms with Gasteiger partial charge in [-0.3, -0.25) is 14.4 Å². The van der Waals surface area contributed by atoms with Gasteiger partial charge in [0, 0.05) is 18.3 Å². The summed E-state index contributed by atoms with van der Waals surface area (Å²) in [7, 11) is -2.60. The van der Waals surface area contributed by atoms with E-state index < -0.39 is 35.1 Å². The lowest BCUT2D eigenvalue weighted by atomic mass is 10.1. The highest BCUT2D eigenvalue weighted by atomic mass is 32.2. The molecule has 0 aliphatic rings. The summed E-state index contributed by atoms with van der Waals surface area (Å²) in [6.07, 6.45) is 0. The molecule has 0 bridgehead atoms. The fourth-order valence-corrected chi connectivity index (χ4v) is 3.48. The largest absolute Gasteiger partial charge is 0.455 e. The van der Waals surface area contributed by atoms with E-state index in [0.717, 1.165) is 9.87 Å². The maximum Gasteiger partial charge on any atom is 0.321 e. The van der Waals surface area contributed by atoms with Gasteiger partial charge in [-0.2, -0.15) is 4.31 Å². The minimum atomic E-state index is -3.85. The molecule has 0 atom stereocenters. The van der Waals surface area contributed by atoms with Crippen LogP contribution in [0.3, 0.4) is 0 Å². The maximum absolute atomic E-state index is 12.5. The van der Waals surface area contributed by atoms with Crippen LogP contribution in [0.5, 0.6) is 0 Å². The minimum absolute atomic E-state index is 0.0569. The topological polar surface area (TPSA) is 110 Å². The van der Waals surface area contributed by atoms with Crippen molar-refractivity contribution in [2.24, 2.45) is 0 Å². The lowest BCUT2D eigenvalue weighted by Crippen LogP contribution is -2.34. The van der Waals surface area contributed by atoms with Gasteiger partial charge in [0.15, 0.2) is 12.4 Å². The number of Topliss-reactive ketones (excluding diaryl/α,β-unsaturated/α-hetero) is 1. The second-order valence-electron chi connectivity index (χ2n) is 6.42. The normalized spacial score (nSPS) is 11.2. The standard InChI is InChI=1S/C20H22N2O6S/c1-14-7-9-18(10-8-14)29(26,27)22(3)12-20(25)28-13-19(24)21-17-6-4-5-16(11-17)15(2)23/h4-11H,12-13H2,1-3H3,(H,21,24). The van der Waals surface area contributed by atoms with Gasteiger partial charge < -0.3 is 10.1 Å². The summed E-state index contributed by atoms with van der Waals surface area (Å²) in [5.41, 5.74) is 1.73. The first kappa shape index (κ1) is 22.3. The number of benzene rings is 2. The molecule has 0 saturated carbocycles. The summed E-state index contributed by atoms with van der Waals surface area (Å²) in [5, 5.41) is 2.51. The zero-order valence-corrected chi connectivity index (χ0v) is 17.2. The molecular weight excluding hydrogens is 396 g/mol. The highest BCUT2D eigenvalue weighted by Crippen LogP contribution is 2.15. The monoisotopic (exact) mass is 418 g/mol. The number of carbonyl (C=O) groups is 3. The van der Waals surface area contributed by atoms with Crippen molar-refractivity contribution >= 4 is 33.4 Å². The Bertz CT molecular complexity index is 1020. The van der Waals surface area contributed by atoms with Crippen molar-refractivity contribution in [1.29, 1.82) is 0 Å². The molecule has 154 valence electrons. The number of rotatable bonds is 8. The van der Waals surface area contributed by atoms with E-state index in [4.69, 9.17) is 4.74 Å². The zero-order valence-electron chi connectivity index (χ0n) is 16.3. The van der Waals surface area contributed by atoms with Crippen molar-refractivity contribution < 1.29 is 27.5 Å². The van der Waals surface area contributed by atoms with Crippen molar-refractivity contribution in [2.45, 2.75) is 18.7 Å². The quantitative estimate of drug-likeness (QED) is 0.519. The first-order valence-electron chi connectivity index (χ1n) is 8.69. The fraction of sp³-hybridized carbons (Fsp3) is 0.250. The first-order valence-corrected chi connectivity index (χ1v) is 10.1. The average Bonchev–Trinajstić information content (AvgIpc) is 2.67. The fourth-order valence-electron chi connectivity index (χ4n) is 2.36. The van der Waals surface area contributed by atoms with E-state index in [1.54, 1.807) is 30.3 Å². The summed E-state index contributed by atoms with van der Waals surface area (Å²) in [6.45, 7) is 2.12. The number of hydrogen-bond acceptors (Lipinski definition) is 6. The third kappa shape index (κ3) is 6.23. The van der Waals surface area contributed by atoms with E-state index >= 15 is 0 Å². The van der Waals surface area contributed by atoms with Crippen LogP contribution in [0.2, 0.25) is 0 Å². The molecule has 8 nitrogen and oxygen atoms in total. The van der Waals surface area contributed by atoms with Crippen molar-refractivity contribution in [3.05, 3.63) is 59.7 Å². The van der Waals surface area contributed by atoms with E-state index in [1.807, 2.05) is 6.92 Å². The first-order chi connectivity index (χ1) is 13.6. The van der Waals surface area contributed by atoms with Gasteiger partial charge in [0.05, 0.1) is 4.90 Å². The summed E-state index contributed by atoms with van der Waals surface area (Å²) in [4.78, 5) is 35.3. The van der Waals surface area contributed by atoms with Gasteiger partial charge in [-0.05, 0) is 38.1 Å². The Morgan fingerprint density at radius 1 is 1.07 bits per heavy atom. The number of amides is 1. The van der Waals surface area contributed by atoms with Crippen molar-refractivity contribution in [3.63, 3.8) is 0 Å². The van der Waals surface area contributed by atoms with E-state index in [0.29, 0.717) is 11.3 Å². The Morgan fingerprint density at radius 2 is 1.72 bits per heavy atom. The SMILES string of the molecule is CC(=O)c1cccc(NC(=O)COC(=O)CN(C)S(=O)(=O)c2ccc(C)cc2)c1. The molecular formula is C20H22N2O6S. The summed E-state index contributed by atoms with van der Waals surface area (Å²) in [5.74, 6) is -1.62. The molecule has 2 aromatic rings. The van der Waals surface area contributed by atoms with Crippen LogP contribution in [0.15, 0.2) is 53.4 Å². The zero-order chi connectivity index (χ0) is 21.6. The van der Waals surface area contributed by atoms with E-state index in [2.05, 4.69) is 5.32 Å². The van der Waals surface area contributed by atoms with Crippen molar-refractivity contribution in [2.75, 3.05) is 25.5 Å². The van der Waals surface area contributed by atoms with E-state index in [-0.39, 0.29) is 10.7 Å². The third-order valence-electron chi connectivity index (χ3n) is 4.00. The molecule has 0 saturated heterocycles. The van der Waals surface area contributed by atoms with Crippen LogP contribution in [-0.2, 0) is 24.3 Å². The van der Waals surface area contributed by atoms with E-state index in [1.165, 1.54) is 32.2 Å². The lowest BCUT2D eigenvalue weighted by molar-refractivity contribution is -0.147. The van der Waals surface area contributed by atoms with Crippen LogP contribution in [-0.4, -0.2) is 50.6 Å². The number of sulfonamides is 1. The second kappa shape index (κ2) is 9.44. The number of likely N-dealkylation sites (N-methyl/N-ethyl adjacent to an activating group) is 1. The third-order valence-corrected chi connectivity index (χ3v) is 5.82. The number of ketones is 1. The van der Waals surface area contributed by atoms with Gasteiger partial charge in [0.2, 0.25) is 10.0 Å². The average molecular weight is 418 g/mol. The minimum Gasteiger partial charge on any atom is -0.455 e. The predicted octanol–water partition coefficient (Wildman–Crippen LogP) is 2.00. The van der Waals surface area contributed by atoms with E-state index in [9.17, 15) is 22.8 Å². The molecule has 9 heteroatoms. The highest BCUT2D eigenvalue weighted by Gasteiger charge is 2.23. The Kier molecular flexibility index (Phi) is 7.24. The second-order valence-corrected chi connectivity index (χ2v) is 8.46. The van der Waals surface area contributed by atoms with Crippen molar-refractivity contribution in [1.82, 2.24) is 4.31 Å². The number of hydrogen-bond donors (Lipinski definition) is 1. The van der Waals surface area contributed by atoms with Gasteiger partial charge in [0.25, 0.3) is 5.91 Å². The summed E-state index contributed by atoms with van der Waals surface area (Å²) in [6, 6.07) is 12.5. The Balaban J connectivity index is 1.88. The van der Waals surface area contributed by atoms with Crippen molar-refractivity contribution in [3.8, 4) is 0 Å². The number of aryl methyl sites for hydroxylation is 1. The summed E-state index contributed by atoms with van der Waals surface area (Å²) >= 11 is 0. The molecule has 0 aromatic heterocycles. The van der Waals surface area contributed by atoms with Crippen LogP contribution in [0.1, 0.15) is 22.8 Å². The molecule has 0 aliphatic carbocycles. The van der Waals surface area contributed by atoms with Gasteiger partial charge >= 0.3 is 5.97 Å². The number of esters is 1. The highest BCUT2D eigenvalue weighted by molar-refractivity contribution is 7.89. The van der Waals surface area contributed by atoms with Crippen LogP contribution >= 0.6 is 0 Å². The van der Waals surface area contributed by atoms with Gasteiger partial charge in [-0.1, -0.05) is 29.8 Å². The Morgan fingerprint density at radius 3 is 2.34 bits per heavy atom. The number of anilines is 1. The Labute approximate surface area is 169 Å². The molecule has 0 aliphatic heterocycles. The molecule has 0 heterocycles.